The van der Waals surface area contributed by atoms with Gasteiger partial charge >= 0.3 is 0 Å². The van der Waals surface area contributed by atoms with Crippen LogP contribution in [-0.2, 0) is 4.79 Å². The number of nitriles is 1. The minimum absolute atomic E-state index is 0.337. The monoisotopic (exact) mass is 190 g/mol. The molecule has 72 valence electrons. The fraction of sp³-hybridized carbons (Fsp3) is 0.333. The summed E-state index contributed by atoms with van der Waals surface area (Å²) < 4.78 is 0. The molecule has 0 radical (unpaired) electrons. The molecule has 0 aliphatic heterocycles. The molecule has 1 amide bonds. The number of carbonyl (C=O) groups is 1. The van der Waals surface area contributed by atoms with Gasteiger partial charge < -0.3 is 5.32 Å². The van der Waals surface area contributed by atoms with Crippen LogP contribution in [0, 0.1) is 17.2 Å². The summed E-state index contributed by atoms with van der Waals surface area (Å²) in [5, 5.41) is 11.1. The van der Waals surface area contributed by atoms with Crippen molar-refractivity contribution in [3.05, 3.63) is 18.6 Å². The molecule has 5 heteroatoms. The Hall–Kier alpha value is -1.96. The maximum Gasteiger partial charge on any atom is 0.242 e. The lowest BCUT2D eigenvalue weighted by Gasteiger charge is -2.05. The first-order valence-electron chi connectivity index (χ1n) is 4.24. The third-order valence-electron chi connectivity index (χ3n) is 1.70. The number of rotatable bonds is 3. The zero-order chi connectivity index (χ0) is 10.4. The summed E-state index contributed by atoms with van der Waals surface area (Å²) in [6, 6.07) is 1.91. The summed E-state index contributed by atoms with van der Waals surface area (Å²) >= 11 is 0. The van der Waals surface area contributed by atoms with Crippen LogP contribution in [-0.4, -0.2) is 15.9 Å². The van der Waals surface area contributed by atoms with E-state index in [2.05, 4.69) is 15.3 Å². The van der Waals surface area contributed by atoms with Gasteiger partial charge in [0.15, 0.2) is 5.82 Å². The van der Waals surface area contributed by atoms with Crippen molar-refractivity contribution < 1.29 is 4.79 Å². The molecule has 1 rings (SSSR count). The zero-order valence-corrected chi connectivity index (χ0v) is 7.77. The average molecular weight is 190 g/mol. The molecular formula is C9H10N4O. The van der Waals surface area contributed by atoms with Gasteiger partial charge in [-0.25, -0.2) is 4.98 Å². The minimum atomic E-state index is -0.628. The van der Waals surface area contributed by atoms with Gasteiger partial charge in [-0.3, -0.25) is 9.78 Å². The Morgan fingerprint density at radius 1 is 1.71 bits per heavy atom. The normalized spacial score (nSPS) is 11.4. The highest BCUT2D eigenvalue weighted by molar-refractivity contribution is 5.93. The quantitative estimate of drug-likeness (QED) is 0.770. The smallest absolute Gasteiger partial charge is 0.242 e. The van der Waals surface area contributed by atoms with Crippen molar-refractivity contribution in [2.45, 2.75) is 13.3 Å². The van der Waals surface area contributed by atoms with Gasteiger partial charge in [0.1, 0.15) is 5.92 Å². The van der Waals surface area contributed by atoms with Crippen LogP contribution in [0.25, 0.3) is 0 Å². The van der Waals surface area contributed by atoms with Crippen LogP contribution < -0.4 is 5.32 Å². The second kappa shape index (κ2) is 4.92. The molecule has 0 aromatic carbocycles. The second-order valence-electron chi connectivity index (χ2n) is 2.67. The maximum atomic E-state index is 11.4. The van der Waals surface area contributed by atoms with Crippen molar-refractivity contribution in [1.82, 2.24) is 9.97 Å². The molecule has 1 atom stereocenters. The Morgan fingerprint density at radius 3 is 3.00 bits per heavy atom. The molecule has 1 heterocycles. The molecule has 0 bridgehead atoms. The van der Waals surface area contributed by atoms with Gasteiger partial charge in [-0.05, 0) is 6.42 Å². The van der Waals surface area contributed by atoms with Crippen molar-refractivity contribution in [2.24, 2.45) is 5.92 Å². The number of anilines is 1. The fourth-order valence-electron chi connectivity index (χ4n) is 0.912. The summed E-state index contributed by atoms with van der Waals surface area (Å²) in [6.07, 6.45) is 4.91. The van der Waals surface area contributed by atoms with Gasteiger partial charge in [-0.15, -0.1) is 0 Å². The van der Waals surface area contributed by atoms with Crippen LogP contribution >= 0.6 is 0 Å². The SMILES string of the molecule is CCC(C#N)C(=O)Nc1cnccn1. The van der Waals surface area contributed by atoms with E-state index in [-0.39, 0.29) is 5.91 Å². The van der Waals surface area contributed by atoms with Crippen molar-refractivity contribution in [3.8, 4) is 6.07 Å². The van der Waals surface area contributed by atoms with Crippen LogP contribution in [0.15, 0.2) is 18.6 Å². The average Bonchev–Trinajstić information content (AvgIpc) is 2.21. The highest BCUT2D eigenvalue weighted by atomic mass is 16.1. The van der Waals surface area contributed by atoms with E-state index in [4.69, 9.17) is 5.26 Å². The second-order valence-corrected chi connectivity index (χ2v) is 2.67. The molecule has 0 saturated carbocycles. The number of carbonyl (C=O) groups excluding carboxylic acids is 1. The van der Waals surface area contributed by atoms with Gasteiger partial charge in [-0.1, -0.05) is 6.92 Å². The van der Waals surface area contributed by atoms with Crippen LogP contribution in [0.5, 0.6) is 0 Å². The van der Waals surface area contributed by atoms with Crippen molar-refractivity contribution in [1.29, 1.82) is 5.26 Å². The number of hydrogen-bond acceptors (Lipinski definition) is 4. The molecule has 1 aromatic heterocycles. The molecule has 0 spiro atoms. The predicted octanol–water partition coefficient (Wildman–Crippen LogP) is 0.965. The first-order valence-corrected chi connectivity index (χ1v) is 4.24. The minimum Gasteiger partial charge on any atom is -0.308 e. The highest BCUT2D eigenvalue weighted by Crippen LogP contribution is 2.05. The van der Waals surface area contributed by atoms with E-state index in [1.54, 1.807) is 6.92 Å². The van der Waals surface area contributed by atoms with E-state index >= 15 is 0 Å². The van der Waals surface area contributed by atoms with Gasteiger partial charge in [0.25, 0.3) is 0 Å². The van der Waals surface area contributed by atoms with E-state index in [9.17, 15) is 4.79 Å². The Balaban J connectivity index is 2.62. The molecule has 0 saturated heterocycles. The topological polar surface area (TPSA) is 78.7 Å². The molecule has 14 heavy (non-hydrogen) atoms. The van der Waals surface area contributed by atoms with Crippen LogP contribution in [0.4, 0.5) is 5.82 Å². The highest BCUT2D eigenvalue weighted by Gasteiger charge is 2.15. The molecule has 1 unspecified atom stereocenters. The van der Waals surface area contributed by atoms with Crippen molar-refractivity contribution >= 4 is 11.7 Å². The first-order chi connectivity index (χ1) is 6.77. The standard InChI is InChI=1S/C9H10N4O/c1-2-7(5-10)9(14)13-8-6-11-3-4-12-8/h3-4,6-7H,2H2,1H3,(H,12,13,14). The van der Waals surface area contributed by atoms with Crippen molar-refractivity contribution in [2.75, 3.05) is 5.32 Å². The lowest BCUT2D eigenvalue weighted by atomic mass is 10.1. The van der Waals surface area contributed by atoms with E-state index < -0.39 is 5.92 Å². The lowest BCUT2D eigenvalue weighted by molar-refractivity contribution is -0.118. The van der Waals surface area contributed by atoms with E-state index in [0.29, 0.717) is 12.2 Å². The fourth-order valence-corrected chi connectivity index (χ4v) is 0.912. The summed E-state index contributed by atoms with van der Waals surface area (Å²) in [4.78, 5) is 19.0. The first kappa shape index (κ1) is 10.1. The number of aromatic nitrogens is 2. The summed E-state index contributed by atoms with van der Waals surface area (Å²) in [5.41, 5.74) is 0. The summed E-state index contributed by atoms with van der Waals surface area (Å²) in [5.74, 6) is -0.598. The molecule has 0 aliphatic carbocycles. The maximum absolute atomic E-state index is 11.4. The largest absolute Gasteiger partial charge is 0.308 e. The van der Waals surface area contributed by atoms with E-state index in [0.717, 1.165) is 0 Å². The van der Waals surface area contributed by atoms with E-state index in [1.165, 1.54) is 18.6 Å². The van der Waals surface area contributed by atoms with E-state index in [1.807, 2.05) is 6.07 Å². The van der Waals surface area contributed by atoms with Gasteiger partial charge in [0.05, 0.1) is 12.3 Å². The van der Waals surface area contributed by atoms with Crippen molar-refractivity contribution in [3.63, 3.8) is 0 Å². The third kappa shape index (κ3) is 2.52. The molecular weight excluding hydrogens is 180 g/mol. The Morgan fingerprint density at radius 2 is 2.50 bits per heavy atom. The summed E-state index contributed by atoms with van der Waals surface area (Å²) in [6.45, 7) is 1.78. The zero-order valence-electron chi connectivity index (χ0n) is 7.77. The van der Waals surface area contributed by atoms with Gasteiger partial charge in [-0.2, -0.15) is 5.26 Å². The van der Waals surface area contributed by atoms with Crippen LogP contribution in [0.2, 0.25) is 0 Å². The number of nitrogens with zero attached hydrogens (tertiary/aromatic N) is 3. The molecule has 5 nitrogen and oxygen atoms in total. The van der Waals surface area contributed by atoms with Crippen LogP contribution in [0.3, 0.4) is 0 Å². The number of nitrogens with one attached hydrogen (secondary N) is 1. The Kier molecular flexibility index (Phi) is 3.56. The van der Waals surface area contributed by atoms with Gasteiger partial charge in [0, 0.05) is 12.4 Å². The molecule has 1 N–H and O–H groups in total. The Labute approximate surface area is 81.8 Å². The molecule has 1 aromatic rings. The van der Waals surface area contributed by atoms with Gasteiger partial charge in [0.2, 0.25) is 5.91 Å². The lowest BCUT2D eigenvalue weighted by Crippen LogP contribution is -2.21. The number of hydrogen-bond donors (Lipinski definition) is 1. The Bertz CT molecular complexity index is 344. The van der Waals surface area contributed by atoms with Crippen LogP contribution in [0.1, 0.15) is 13.3 Å². The number of amides is 1. The third-order valence-corrected chi connectivity index (χ3v) is 1.70. The summed E-state index contributed by atoms with van der Waals surface area (Å²) in [7, 11) is 0. The molecule has 0 aliphatic rings. The predicted molar refractivity (Wildman–Crippen MR) is 50.1 cm³/mol. The molecule has 0 fully saturated rings.